The van der Waals surface area contributed by atoms with E-state index in [0.717, 1.165) is 11.2 Å². The van der Waals surface area contributed by atoms with Gasteiger partial charge in [-0.15, -0.1) is 0 Å². The lowest BCUT2D eigenvalue weighted by molar-refractivity contribution is -0.348. The molecule has 0 fully saturated rings. The van der Waals surface area contributed by atoms with Gasteiger partial charge in [-0.3, -0.25) is 0 Å². The molecule has 124 valence electrons. The fourth-order valence-electron chi connectivity index (χ4n) is 3.81. The Morgan fingerprint density at radius 2 is 1.46 bits per heavy atom. The van der Waals surface area contributed by atoms with Crippen molar-refractivity contribution in [2.24, 2.45) is 0 Å². The van der Waals surface area contributed by atoms with Crippen molar-refractivity contribution >= 4 is 22.2 Å². The summed E-state index contributed by atoms with van der Waals surface area (Å²) >= 11 is 0. The van der Waals surface area contributed by atoms with Crippen molar-refractivity contribution in [1.29, 1.82) is 0 Å². The summed E-state index contributed by atoms with van der Waals surface area (Å²) in [4.78, 5) is 3.62. The van der Waals surface area contributed by atoms with Crippen LogP contribution in [-0.2, 0) is 0 Å². The number of hydrogen-bond donors (Lipinski definition) is 1. The first-order valence-corrected chi connectivity index (χ1v) is 8.92. The standard InChI is InChI=1S/C24H18N2/c1-2-9-18(10-3-1)24-19-11-5-7-13-22(19)25-16-20(24)23-15-14-17-8-4-6-12-21(17)26-23/h1-16,24-25H/p+1. The molecule has 1 aliphatic rings. The van der Waals surface area contributed by atoms with Gasteiger partial charge in [0.25, 0.3) is 0 Å². The van der Waals surface area contributed by atoms with Crippen molar-refractivity contribution in [1.82, 2.24) is 0 Å². The van der Waals surface area contributed by atoms with E-state index in [9.17, 15) is 0 Å². The number of fused-ring (bicyclic) bond motifs is 2. The van der Waals surface area contributed by atoms with Gasteiger partial charge in [0.05, 0.1) is 5.57 Å². The average Bonchev–Trinajstić information content (AvgIpc) is 2.73. The number of allylic oxidation sites excluding steroid dienone is 1. The summed E-state index contributed by atoms with van der Waals surface area (Å²) < 4.78 is 0. The van der Waals surface area contributed by atoms with Crippen LogP contribution in [0.4, 0.5) is 5.69 Å². The molecule has 0 radical (unpaired) electrons. The number of para-hydroxylation sites is 2. The molecule has 1 atom stereocenters. The highest BCUT2D eigenvalue weighted by Crippen LogP contribution is 2.42. The minimum atomic E-state index is 0.200. The van der Waals surface area contributed by atoms with Gasteiger partial charge in [0, 0.05) is 35.3 Å². The second-order valence-corrected chi connectivity index (χ2v) is 6.63. The Bertz CT molecular complexity index is 1110. The molecule has 0 amide bonds. The zero-order valence-electron chi connectivity index (χ0n) is 14.3. The van der Waals surface area contributed by atoms with Crippen molar-refractivity contribution in [2.45, 2.75) is 5.92 Å². The molecule has 5 rings (SSSR count). The van der Waals surface area contributed by atoms with Crippen molar-refractivity contribution in [3.63, 3.8) is 0 Å². The van der Waals surface area contributed by atoms with Crippen LogP contribution in [0.25, 0.3) is 16.5 Å². The number of aromatic nitrogens is 1. The van der Waals surface area contributed by atoms with Crippen molar-refractivity contribution < 1.29 is 4.98 Å². The van der Waals surface area contributed by atoms with Crippen LogP contribution < -0.4 is 10.3 Å². The van der Waals surface area contributed by atoms with Gasteiger partial charge < -0.3 is 5.32 Å². The largest absolute Gasteiger partial charge is 0.361 e. The first kappa shape index (κ1) is 14.9. The third kappa shape index (κ3) is 2.47. The molecule has 0 saturated heterocycles. The molecule has 0 spiro atoms. The molecular formula is C24H19N2+. The Morgan fingerprint density at radius 3 is 2.38 bits per heavy atom. The quantitative estimate of drug-likeness (QED) is 0.532. The van der Waals surface area contributed by atoms with Gasteiger partial charge in [0.2, 0.25) is 11.2 Å². The molecule has 1 aliphatic heterocycles. The Morgan fingerprint density at radius 1 is 0.692 bits per heavy atom. The van der Waals surface area contributed by atoms with E-state index < -0.39 is 0 Å². The molecule has 0 aliphatic carbocycles. The molecular weight excluding hydrogens is 316 g/mol. The molecule has 2 nitrogen and oxygen atoms in total. The van der Waals surface area contributed by atoms with E-state index >= 15 is 0 Å². The van der Waals surface area contributed by atoms with Gasteiger partial charge in [-0.1, -0.05) is 60.7 Å². The minimum Gasteiger partial charge on any atom is -0.361 e. The summed E-state index contributed by atoms with van der Waals surface area (Å²) in [5.41, 5.74) is 7.31. The number of H-pyrrole nitrogens is 1. The summed E-state index contributed by atoms with van der Waals surface area (Å²) in [5, 5.41) is 4.70. The number of pyridine rings is 1. The molecule has 2 N–H and O–H groups in total. The predicted molar refractivity (Wildman–Crippen MR) is 107 cm³/mol. The fraction of sp³-hybridized carbons (Fsp3) is 0.0417. The van der Waals surface area contributed by atoms with Crippen molar-refractivity contribution in [3.05, 3.63) is 114 Å². The average molecular weight is 335 g/mol. The number of benzene rings is 3. The van der Waals surface area contributed by atoms with Gasteiger partial charge in [-0.25, -0.2) is 4.98 Å². The molecule has 0 saturated carbocycles. The monoisotopic (exact) mass is 335 g/mol. The van der Waals surface area contributed by atoms with Crippen LogP contribution in [0.1, 0.15) is 22.7 Å². The zero-order chi connectivity index (χ0) is 17.3. The fourth-order valence-corrected chi connectivity index (χ4v) is 3.81. The second kappa shape index (κ2) is 6.16. The third-order valence-corrected chi connectivity index (χ3v) is 5.07. The number of aromatic amines is 1. The van der Waals surface area contributed by atoms with Crippen LogP contribution in [0.2, 0.25) is 0 Å². The highest BCUT2D eigenvalue weighted by molar-refractivity contribution is 5.82. The maximum absolute atomic E-state index is 3.62. The van der Waals surface area contributed by atoms with Crippen LogP contribution in [0.15, 0.2) is 97.2 Å². The molecule has 0 bridgehead atoms. The van der Waals surface area contributed by atoms with Crippen LogP contribution in [0.3, 0.4) is 0 Å². The smallest absolute Gasteiger partial charge is 0.211 e. The first-order valence-electron chi connectivity index (χ1n) is 8.92. The van der Waals surface area contributed by atoms with E-state index in [1.54, 1.807) is 0 Å². The molecule has 26 heavy (non-hydrogen) atoms. The summed E-state index contributed by atoms with van der Waals surface area (Å²) in [6.07, 6.45) is 2.14. The lowest BCUT2D eigenvalue weighted by Gasteiger charge is -2.26. The van der Waals surface area contributed by atoms with Crippen LogP contribution in [-0.4, -0.2) is 0 Å². The topological polar surface area (TPSA) is 26.2 Å². The molecule has 2 heteroatoms. The van der Waals surface area contributed by atoms with Crippen LogP contribution in [0.5, 0.6) is 0 Å². The second-order valence-electron chi connectivity index (χ2n) is 6.63. The van der Waals surface area contributed by atoms with E-state index in [0.29, 0.717) is 0 Å². The van der Waals surface area contributed by atoms with E-state index in [2.05, 4.69) is 107 Å². The highest BCUT2D eigenvalue weighted by Gasteiger charge is 2.29. The summed E-state index contributed by atoms with van der Waals surface area (Å²) in [6, 6.07) is 32.0. The molecule has 1 unspecified atom stereocenters. The Balaban J connectivity index is 1.70. The predicted octanol–water partition coefficient (Wildman–Crippen LogP) is 5.25. The molecule has 1 aromatic heterocycles. The maximum Gasteiger partial charge on any atom is 0.211 e. The van der Waals surface area contributed by atoms with Gasteiger partial charge in [0.15, 0.2) is 0 Å². The van der Waals surface area contributed by atoms with Crippen LogP contribution >= 0.6 is 0 Å². The summed E-state index contributed by atoms with van der Waals surface area (Å²) in [6.45, 7) is 0. The number of hydrogen-bond acceptors (Lipinski definition) is 1. The van der Waals surface area contributed by atoms with Crippen LogP contribution in [0, 0.1) is 0 Å². The van der Waals surface area contributed by atoms with E-state index in [1.165, 1.54) is 27.8 Å². The summed E-state index contributed by atoms with van der Waals surface area (Å²) in [7, 11) is 0. The third-order valence-electron chi connectivity index (χ3n) is 5.07. The number of nitrogens with one attached hydrogen (secondary N) is 2. The Hall–Kier alpha value is -3.39. The first-order chi connectivity index (χ1) is 12.9. The van der Waals surface area contributed by atoms with Crippen molar-refractivity contribution in [2.75, 3.05) is 5.32 Å². The van der Waals surface area contributed by atoms with Gasteiger partial charge >= 0.3 is 0 Å². The number of anilines is 1. The van der Waals surface area contributed by atoms with E-state index in [1.807, 2.05) is 0 Å². The normalized spacial score (nSPS) is 15.8. The van der Waals surface area contributed by atoms with Crippen molar-refractivity contribution in [3.8, 4) is 0 Å². The summed E-state index contributed by atoms with van der Waals surface area (Å²) in [5.74, 6) is 0.200. The highest BCUT2D eigenvalue weighted by atomic mass is 14.9. The number of rotatable bonds is 2. The SMILES string of the molecule is C1=C(c2ccc3ccccc3[nH+]2)C(c2ccccc2)c2ccccc2N1. The maximum atomic E-state index is 3.62. The van der Waals surface area contributed by atoms with E-state index in [4.69, 9.17) is 0 Å². The Labute approximate surface area is 152 Å². The molecule has 3 aromatic carbocycles. The molecule has 4 aromatic rings. The molecule has 2 heterocycles. The van der Waals surface area contributed by atoms with Gasteiger partial charge in [0.1, 0.15) is 0 Å². The minimum absolute atomic E-state index is 0.200. The zero-order valence-corrected chi connectivity index (χ0v) is 14.3. The lowest BCUT2D eigenvalue weighted by Crippen LogP contribution is -2.19. The van der Waals surface area contributed by atoms with Gasteiger partial charge in [-0.05, 0) is 29.3 Å². The van der Waals surface area contributed by atoms with Gasteiger partial charge in [-0.2, -0.15) is 0 Å². The lowest BCUT2D eigenvalue weighted by atomic mass is 9.81. The Kier molecular flexibility index (Phi) is 3.53. The van der Waals surface area contributed by atoms with E-state index in [-0.39, 0.29) is 5.92 Å².